The first kappa shape index (κ1) is 11.6. The average molecular weight is 221 g/mol. The molecule has 0 aromatic heterocycles. The summed E-state index contributed by atoms with van der Waals surface area (Å²) in [5.41, 5.74) is 1.24. The minimum atomic E-state index is -0.292. The lowest BCUT2D eigenvalue weighted by Gasteiger charge is -2.31. The van der Waals surface area contributed by atoms with E-state index in [2.05, 4.69) is 24.4 Å². The first-order chi connectivity index (χ1) is 7.77. The van der Waals surface area contributed by atoms with Gasteiger partial charge in [0, 0.05) is 12.6 Å². The minimum absolute atomic E-state index is 0.0453. The summed E-state index contributed by atoms with van der Waals surface area (Å²) in [4.78, 5) is 0. The zero-order chi connectivity index (χ0) is 11.4. The molecule has 3 heteroatoms. The molecule has 1 heterocycles. The lowest BCUT2D eigenvalue weighted by molar-refractivity contribution is -0.0185. The second kappa shape index (κ2) is 5.43. The lowest BCUT2D eigenvalue weighted by atomic mass is 10.0. The molecule has 16 heavy (non-hydrogen) atoms. The van der Waals surface area contributed by atoms with Gasteiger partial charge < -0.3 is 15.2 Å². The minimum Gasteiger partial charge on any atom is -0.391 e. The summed E-state index contributed by atoms with van der Waals surface area (Å²) in [6.45, 7) is 3.37. The first-order valence-electron chi connectivity index (χ1n) is 5.84. The van der Waals surface area contributed by atoms with Crippen molar-refractivity contribution >= 4 is 0 Å². The van der Waals surface area contributed by atoms with Crippen molar-refractivity contribution in [2.75, 3.05) is 13.2 Å². The van der Waals surface area contributed by atoms with Crippen LogP contribution < -0.4 is 5.32 Å². The Labute approximate surface area is 96.4 Å². The summed E-state index contributed by atoms with van der Waals surface area (Å²) >= 11 is 0. The van der Waals surface area contributed by atoms with Gasteiger partial charge in [-0.3, -0.25) is 0 Å². The highest BCUT2D eigenvalue weighted by Gasteiger charge is 2.24. The number of nitrogens with one attached hydrogen (secondary N) is 1. The third-order valence-corrected chi connectivity index (χ3v) is 3.08. The fraction of sp³-hybridized carbons (Fsp3) is 0.538. The van der Waals surface area contributed by atoms with Crippen molar-refractivity contribution in [2.24, 2.45) is 0 Å². The van der Waals surface area contributed by atoms with Crippen molar-refractivity contribution in [2.45, 2.75) is 31.5 Å². The Morgan fingerprint density at radius 3 is 2.81 bits per heavy atom. The number of benzene rings is 1. The molecule has 0 unspecified atom stereocenters. The molecule has 1 aliphatic rings. The van der Waals surface area contributed by atoms with Gasteiger partial charge in [0.2, 0.25) is 0 Å². The molecule has 1 fully saturated rings. The third-order valence-electron chi connectivity index (χ3n) is 3.08. The number of hydrogen-bond donors (Lipinski definition) is 2. The molecule has 2 N–H and O–H groups in total. The Bertz CT molecular complexity index is 315. The third kappa shape index (κ3) is 2.82. The molecule has 0 aliphatic carbocycles. The van der Waals surface area contributed by atoms with Gasteiger partial charge in [-0.25, -0.2) is 0 Å². The number of aliphatic hydroxyl groups excluding tert-OH is 1. The van der Waals surface area contributed by atoms with Gasteiger partial charge in [0.15, 0.2) is 0 Å². The Morgan fingerprint density at radius 1 is 1.38 bits per heavy atom. The van der Waals surface area contributed by atoms with Crippen LogP contribution in [0.15, 0.2) is 30.3 Å². The van der Waals surface area contributed by atoms with Crippen molar-refractivity contribution in [1.29, 1.82) is 0 Å². The van der Waals surface area contributed by atoms with E-state index in [4.69, 9.17) is 4.74 Å². The van der Waals surface area contributed by atoms with Crippen LogP contribution in [0.5, 0.6) is 0 Å². The van der Waals surface area contributed by atoms with Gasteiger partial charge in [0.1, 0.15) is 0 Å². The summed E-state index contributed by atoms with van der Waals surface area (Å²) in [6, 6.07) is 10.5. The fourth-order valence-corrected chi connectivity index (χ4v) is 2.04. The van der Waals surface area contributed by atoms with E-state index in [1.54, 1.807) is 0 Å². The molecule has 3 atom stereocenters. The molecule has 1 saturated heterocycles. The smallest absolute Gasteiger partial charge is 0.0737 e. The molecule has 1 aliphatic heterocycles. The molecule has 88 valence electrons. The first-order valence-corrected chi connectivity index (χ1v) is 5.84. The molecule has 0 radical (unpaired) electrons. The van der Waals surface area contributed by atoms with Gasteiger partial charge in [-0.15, -0.1) is 0 Å². The molecular formula is C13H19NO2. The number of aliphatic hydroxyl groups is 1. The zero-order valence-corrected chi connectivity index (χ0v) is 9.60. The van der Waals surface area contributed by atoms with Gasteiger partial charge in [-0.05, 0) is 18.9 Å². The zero-order valence-electron chi connectivity index (χ0n) is 9.60. The molecule has 3 nitrogen and oxygen atoms in total. The van der Waals surface area contributed by atoms with E-state index in [0.717, 1.165) is 6.42 Å². The monoisotopic (exact) mass is 221 g/mol. The van der Waals surface area contributed by atoms with Gasteiger partial charge in [-0.2, -0.15) is 0 Å². The van der Waals surface area contributed by atoms with Crippen molar-refractivity contribution in [1.82, 2.24) is 5.32 Å². The molecule has 1 aromatic carbocycles. The van der Waals surface area contributed by atoms with E-state index in [-0.39, 0.29) is 18.2 Å². The normalized spacial score (nSPS) is 27.6. The topological polar surface area (TPSA) is 41.5 Å². The van der Waals surface area contributed by atoms with E-state index in [1.165, 1.54) is 5.56 Å². The average Bonchev–Trinajstić information content (AvgIpc) is 2.33. The SMILES string of the molecule is C[C@@H](N[C@H]1COCC[C@@H]1O)c1ccccc1. The van der Waals surface area contributed by atoms with E-state index >= 15 is 0 Å². The second-order valence-electron chi connectivity index (χ2n) is 4.34. The molecule has 2 rings (SSSR count). The molecule has 0 amide bonds. The van der Waals surface area contributed by atoms with Crippen LogP contribution in [0.25, 0.3) is 0 Å². The van der Waals surface area contributed by atoms with Gasteiger partial charge in [-0.1, -0.05) is 30.3 Å². The van der Waals surface area contributed by atoms with Crippen LogP contribution in [-0.4, -0.2) is 30.5 Å². The van der Waals surface area contributed by atoms with Crippen LogP contribution in [-0.2, 0) is 4.74 Å². The summed E-state index contributed by atoms with van der Waals surface area (Å²) < 4.78 is 5.37. The van der Waals surface area contributed by atoms with Crippen LogP contribution in [0.3, 0.4) is 0 Å². The van der Waals surface area contributed by atoms with Crippen LogP contribution in [0.4, 0.5) is 0 Å². The Morgan fingerprint density at radius 2 is 2.12 bits per heavy atom. The fourth-order valence-electron chi connectivity index (χ4n) is 2.04. The van der Waals surface area contributed by atoms with E-state index < -0.39 is 0 Å². The van der Waals surface area contributed by atoms with Crippen molar-refractivity contribution < 1.29 is 9.84 Å². The van der Waals surface area contributed by atoms with Gasteiger partial charge in [0.25, 0.3) is 0 Å². The standard InChI is InChI=1S/C13H19NO2/c1-10(11-5-3-2-4-6-11)14-12-9-16-8-7-13(12)15/h2-6,10,12-15H,7-9H2,1H3/t10-,12+,13+/m1/s1. The van der Waals surface area contributed by atoms with E-state index in [0.29, 0.717) is 13.2 Å². The van der Waals surface area contributed by atoms with Crippen LogP contribution >= 0.6 is 0 Å². The molecule has 1 aromatic rings. The van der Waals surface area contributed by atoms with Gasteiger partial charge in [0.05, 0.1) is 18.8 Å². The maximum atomic E-state index is 9.82. The second-order valence-corrected chi connectivity index (χ2v) is 4.34. The number of hydrogen-bond acceptors (Lipinski definition) is 3. The number of rotatable bonds is 3. The highest BCUT2D eigenvalue weighted by atomic mass is 16.5. The van der Waals surface area contributed by atoms with Crippen molar-refractivity contribution in [3.05, 3.63) is 35.9 Å². The predicted molar refractivity (Wildman–Crippen MR) is 63.2 cm³/mol. The molecule has 0 spiro atoms. The number of ether oxygens (including phenoxy) is 1. The quantitative estimate of drug-likeness (QED) is 0.812. The molecular weight excluding hydrogens is 202 g/mol. The molecule has 0 saturated carbocycles. The largest absolute Gasteiger partial charge is 0.391 e. The lowest BCUT2D eigenvalue weighted by Crippen LogP contribution is -2.47. The summed E-state index contributed by atoms with van der Waals surface area (Å²) in [5, 5.41) is 13.2. The molecule has 0 bridgehead atoms. The van der Waals surface area contributed by atoms with E-state index in [1.807, 2.05) is 18.2 Å². The van der Waals surface area contributed by atoms with Crippen molar-refractivity contribution in [3.8, 4) is 0 Å². The highest BCUT2D eigenvalue weighted by molar-refractivity contribution is 5.18. The van der Waals surface area contributed by atoms with Crippen LogP contribution in [0.1, 0.15) is 24.9 Å². The maximum absolute atomic E-state index is 9.82. The van der Waals surface area contributed by atoms with Crippen LogP contribution in [0.2, 0.25) is 0 Å². The maximum Gasteiger partial charge on any atom is 0.0737 e. The summed E-state index contributed by atoms with van der Waals surface area (Å²) in [7, 11) is 0. The van der Waals surface area contributed by atoms with Gasteiger partial charge >= 0.3 is 0 Å². The Hall–Kier alpha value is -0.900. The van der Waals surface area contributed by atoms with Crippen LogP contribution in [0, 0.1) is 0 Å². The van der Waals surface area contributed by atoms with E-state index in [9.17, 15) is 5.11 Å². The van der Waals surface area contributed by atoms with Crippen molar-refractivity contribution in [3.63, 3.8) is 0 Å². The Kier molecular flexibility index (Phi) is 3.93. The summed E-state index contributed by atoms with van der Waals surface area (Å²) in [5.74, 6) is 0. The highest BCUT2D eigenvalue weighted by Crippen LogP contribution is 2.15. The Balaban J connectivity index is 1.94. The summed E-state index contributed by atoms with van der Waals surface area (Å²) in [6.07, 6.45) is 0.430. The predicted octanol–water partition coefficient (Wildman–Crippen LogP) is 1.49.